The van der Waals surface area contributed by atoms with E-state index in [9.17, 15) is 0 Å². The van der Waals surface area contributed by atoms with Crippen molar-refractivity contribution in [1.82, 2.24) is 5.32 Å². The van der Waals surface area contributed by atoms with Gasteiger partial charge in [-0.1, -0.05) is 30.3 Å². The zero-order valence-corrected chi connectivity index (χ0v) is 7.74. The van der Waals surface area contributed by atoms with Crippen LogP contribution >= 0.6 is 0 Å². The molecule has 1 aromatic carbocycles. The molecule has 70 valence electrons. The Morgan fingerprint density at radius 1 is 1.31 bits per heavy atom. The third kappa shape index (κ3) is 2.29. The average Bonchev–Trinajstić information content (AvgIpc) is 2.99. The van der Waals surface area contributed by atoms with Gasteiger partial charge in [-0.3, -0.25) is 0 Å². The van der Waals surface area contributed by atoms with Crippen LogP contribution in [0.3, 0.4) is 0 Å². The molecule has 3 N–H and O–H groups in total. The highest BCUT2D eigenvalue weighted by molar-refractivity contribution is 5.19. The molecule has 0 bridgehead atoms. The van der Waals surface area contributed by atoms with Crippen LogP contribution in [0.2, 0.25) is 0 Å². The number of rotatable bonds is 4. The summed E-state index contributed by atoms with van der Waals surface area (Å²) in [6.07, 6.45) is 2.62. The minimum Gasteiger partial charge on any atom is -0.329 e. The molecule has 0 aliphatic heterocycles. The fraction of sp³-hybridized carbons (Fsp3) is 0.455. The monoisotopic (exact) mass is 176 g/mol. The second kappa shape index (κ2) is 3.90. The molecule has 1 saturated carbocycles. The molecule has 1 fully saturated rings. The second-order valence-corrected chi connectivity index (χ2v) is 3.64. The lowest BCUT2D eigenvalue weighted by Gasteiger charge is -2.16. The summed E-state index contributed by atoms with van der Waals surface area (Å²) in [4.78, 5) is 0. The largest absolute Gasteiger partial charge is 0.329 e. The Hall–Kier alpha value is -0.860. The topological polar surface area (TPSA) is 38.0 Å². The molecule has 2 nitrogen and oxygen atoms in total. The molecule has 0 amide bonds. The zero-order valence-electron chi connectivity index (χ0n) is 7.74. The van der Waals surface area contributed by atoms with E-state index >= 15 is 0 Å². The first-order chi connectivity index (χ1) is 6.40. The van der Waals surface area contributed by atoms with Crippen molar-refractivity contribution in [3.8, 4) is 0 Å². The first kappa shape index (κ1) is 8.73. The lowest BCUT2D eigenvalue weighted by molar-refractivity contribution is 0.539. The van der Waals surface area contributed by atoms with Crippen LogP contribution in [0.15, 0.2) is 30.3 Å². The Kier molecular flexibility index (Phi) is 2.62. The zero-order chi connectivity index (χ0) is 9.10. The van der Waals surface area contributed by atoms with Gasteiger partial charge >= 0.3 is 0 Å². The summed E-state index contributed by atoms with van der Waals surface area (Å²) >= 11 is 0. The Morgan fingerprint density at radius 3 is 2.54 bits per heavy atom. The lowest BCUT2D eigenvalue weighted by Crippen LogP contribution is -2.29. The van der Waals surface area contributed by atoms with E-state index in [2.05, 4.69) is 29.6 Å². The summed E-state index contributed by atoms with van der Waals surface area (Å²) in [5.41, 5.74) is 7.02. The van der Waals surface area contributed by atoms with Gasteiger partial charge in [-0.25, -0.2) is 0 Å². The van der Waals surface area contributed by atoms with E-state index in [1.54, 1.807) is 0 Å². The average molecular weight is 176 g/mol. The van der Waals surface area contributed by atoms with Crippen molar-refractivity contribution in [2.45, 2.75) is 24.9 Å². The molecule has 13 heavy (non-hydrogen) atoms. The molecule has 2 heteroatoms. The maximum absolute atomic E-state index is 5.72. The lowest BCUT2D eigenvalue weighted by atomic mass is 10.1. The highest BCUT2D eigenvalue weighted by atomic mass is 15.0. The highest BCUT2D eigenvalue weighted by Crippen LogP contribution is 2.23. The van der Waals surface area contributed by atoms with E-state index in [-0.39, 0.29) is 0 Å². The molecule has 0 radical (unpaired) electrons. The summed E-state index contributed by atoms with van der Waals surface area (Å²) in [5, 5.41) is 3.53. The molecule has 1 atom stereocenters. The molecule has 1 unspecified atom stereocenters. The van der Waals surface area contributed by atoms with E-state index in [0.29, 0.717) is 18.6 Å². The third-order valence-electron chi connectivity index (χ3n) is 2.45. The van der Waals surface area contributed by atoms with Crippen LogP contribution in [0.25, 0.3) is 0 Å². The molecule has 1 aliphatic carbocycles. The van der Waals surface area contributed by atoms with Crippen LogP contribution in [0, 0.1) is 0 Å². The molecule has 1 aliphatic rings. The van der Waals surface area contributed by atoms with Crippen LogP contribution in [0.1, 0.15) is 24.4 Å². The molecule has 0 saturated heterocycles. The van der Waals surface area contributed by atoms with Gasteiger partial charge in [0.25, 0.3) is 0 Å². The molecule has 0 heterocycles. The Bertz CT molecular complexity index is 254. The summed E-state index contributed by atoms with van der Waals surface area (Å²) in [6, 6.07) is 11.5. The summed E-state index contributed by atoms with van der Waals surface area (Å²) in [6.45, 7) is 0.681. The van der Waals surface area contributed by atoms with Crippen molar-refractivity contribution in [3.63, 3.8) is 0 Å². The normalized spacial score (nSPS) is 18.5. The van der Waals surface area contributed by atoms with E-state index in [1.807, 2.05) is 6.07 Å². The number of hydrogen-bond acceptors (Lipinski definition) is 2. The van der Waals surface area contributed by atoms with Crippen LogP contribution < -0.4 is 11.1 Å². The van der Waals surface area contributed by atoms with Crippen molar-refractivity contribution < 1.29 is 0 Å². The number of nitrogens with two attached hydrogens (primary N) is 1. The van der Waals surface area contributed by atoms with Gasteiger partial charge < -0.3 is 11.1 Å². The van der Waals surface area contributed by atoms with Gasteiger partial charge in [-0.05, 0) is 18.4 Å². The van der Waals surface area contributed by atoms with Crippen LogP contribution in [-0.2, 0) is 0 Å². The number of nitrogens with one attached hydrogen (secondary N) is 1. The fourth-order valence-corrected chi connectivity index (χ4v) is 1.52. The summed E-state index contributed by atoms with van der Waals surface area (Å²) in [7, 11) is 0. The van der Waals surface area contributed by atoms with Gasteiger partial charge in [0.2, 0.25) is 0 Å². The number of hydrogen-bond donors (Lipinski definition) is 2. The van der Waals surface area contributed by atoms with Gasteiger partial charge in [-0.15, -0.1) is 0 Å². The van der Waals surface area contributed by atoms with Crippen molar-refractivity contribution in [2.75, 3.05) is 6.54 Å². The third-order valence-corrected chi connectivity index (χ3v) is 2.45. The molecule has 0 spiro atoms. The van der Waals surface area contributed by atoms with Crippen LogP contribution in [-0.4, -0.2) is 12.6 Å². The van der Waals surface area contributed by atoms with Gasteiger partial charge in [0.05, 0.1) is 0 Å². The Labute approximate surface area is 79.1 Å². The Morgan fingerprint density at radius 2 is 2.00 bits per heavy atom. The predicted octanol–water partition coefficient (Wildman–Crippen LogP) is 1.44. The standard InChI is InChI=1S/C11H16N2/c12-8-11(13-10-6-7-10)9-4-2-1-3-5-9/h1-5,10-11,13H,6-8,12H2. The molecule has 2 rings (SSSR count). The van der Waals surface area contributed by atoms with Crippen molar-refractivity contribution >= 4 is 0 Å². The van der Waals surface area contributed by atoms with Gasteiger partial charge in [0.15, 0.2) is 0 Å². The van der Waals surface area contributed by atoms with E-state index < -0.39 is 0 Å². The maximum atomic E-state index is 5.72. The van der Waals surface area contributed by atoms with Crippen LogP contribution in [0.4, 0.5) is 0 Å². The fourth-order valence-electron chi connectivity index (χ4n) is 1.52. The van der Waals surface area contributed by atoms with E-state index in [4.69, 9.17) is 5.73 Å². The van der Waals surface area contributed by atoms with Gasteiger partial charge in [0, 0.05) is 18.6 Å². The van der Waals surface area contributed by atoms with E-state index in [1.165, 1.54) is 18.4 Å². The summed E-state index contributed by atoms with van der Waals surface area (Å²) < 4.78 is 0. The maximum Gasteiger partial charge on any atom is 0.0446 e. The smallest absolute Gasteiger partial charge is 0.0446 e. The molecular weight excluding hydrogens is 160 g/mol. The summed E-state index contributed by atoms with van der Waals surface area (Å²) in [5.74, 6) is 0. The highest BCUT2D eigenvalue weighted by Gasteiger charge is 2.24. The Balaban J connectivity index is 2.02. The van der Waals surface area contributed by atoms with E-state index in [0.717, 1.165) is 0 Å². The predicted molar refractivity (Wildman–Crippen MR) is 54.4 cm³/mol. The first-order valence-corrected chi connectivity index (χ1v) is 4.91. The minimum absolute atomic E-state index is 0.341. The van der Waals surface area contributed by atoms with Gasteiger partial charge in [-0.2, -0.15) is 0 Å². The van der Waals surface area contributed by atoms with Gasteiger partial charge in [0.1, 0.15) is 0 Å². The van der Waals surface area contributed by atoms with Crippen molar-refractivity contribution in [3.05, 3.63) is 35.9 Å². The van der Waals surface area contributed by atoms with Crippen molar-refractivity contribution in [1.29, 1.82) is 0 Å². The quantitative estimate of drug-likeness (QED) is 0.728. The second-order valence-electron chi connectivity index (χ2n) is 3.64. The number of benzene rings is 1. The molecule has 0 aromatic heterocycles. The minimum atomic E-state index is 0.341. The van der Waals surface area contributed by atoms with Crippen molar-refractivity contribution in [2.24, 2.45) is 5.73 Å². The first-order valence-electron chi connectivity index (χ1n) is 4.91. The molecular formula is C11H16N2. The van der Waals surface area contributed by atoms with Crippen LogP contribution in [0.5, 0.6) is 0 Å². The molecule has 1 aromatic rings. The SMILES string of the molecule is NCC(NC1CC1)c1ccccc1.